The van der Waals surface area contributed by atoms with Gasteiger partial charge in [-0.3, -0.25) is 4.79 Å². The number of carbonyl (C=O) groups excluding carboxylic acids is 1. The van der Waals surface area contributed by atoms with Gasteiger partial charge in [0.25, 0.3) is 0 Å². The van der Waals surface area contributed by atoms with Gasteiger partial charge in [0, 0.05) is 11.1 Å². The predicted molar refractivity (Wildman–Crippen MR) is 70.7 cm³/mol. The Kier molecular flexibility index (Phi) is 3.58. The van der Waals surface area contributed by atoms with Crippen LogP contribution in [0, 0.1) is 0 Å². The van der Waals surface area contributed by atoms with Crippen molar-refractivity contribution in [3.05, 3.63) is 52.9 Å². The molecule has 4 nitrogen and oxygen atoms in total. The van der Waals surface area contributed by atoms with Gasteiger partial charge in [0.2, 0.25) is 5.91 Å². The average Bonchev–Trinajstić information content (AvgIpc) is 2.85. The fourth-order valence-electron chi connectivity index (χ4n) is 1.63. The largest absolute Gasteiger partial charge is 0.472 e. The number of anilines is 1. The molecule has 1 atom stereocenters. The summed E-state index contributed by atoms with van der Waals surface area (Å²) in [5.41, 5.74) is 7.32. The van der Waals surface area contributed by atoms with E-state index >= 15 is 0 Å². The van der Waals surface area contributed by atoms with Crippen LogP contribution >= 0.6 is 11.6 Å². The van der Waals surface area contributed by atoms with Crippen molar-refractivity contribution in [3.63, 3.8) is 0 Å². The zero-order valence-corrected chi connectivity index (χ0v) is 10.6. The zero-order chi connectivity index (χ0) is 13.1. The van der Waals surface area contributed by atoms with E-state index in [0.29, 0.717) is 16.3 Å². The van der Waals surface area contributed by atoms with Gasteiger partial charge in [-0.2, -0.15) is 0 Å². The molecule has 3 N–H and O–H groups in total. The van der Waals surface area contributed by atoms with Crippen molar-refractivity contribution >= 4 is 23.2 Å². The molecule has 0 spiro atoms. The number of primary amides is 1. The second kappa shape index (κ2) is 5.14. The highest BCUT2D eigenvalue weighted by Gasteiger charge is 2.10. The van der Waals surface area contributed by atoms with Gasteiger partial charge in [0.15, 0.2) is 0 Å². The van der Waals surface area contributed by atoms with Crippen molar-refractivity contribution in [2.45, 2.75) is 13.0 Å². The van der Waals surface area contributed by atoms with E-state index in [2.05, 4.69) is 5.32 Å². The molecule has 1 aromatic carbocycles. The highest BCUT2D eigenvalue weighted by atomic mass is 35.5. The Bertz CT molecular complexity index is 552. The smallest absolute Gasteiger partial charge is 0.248 e. The third kappa shape index (κ3) is 2.65. The Labute approximate surface area is 110 Å². The number of hydrogen-bond donors (Lipinski definition) is 2. The number of nitrogens with one attached hydrogen (secondary N) is 1. The maximum Gasteiger partial charge on any atom is 0.248 e. The van der Waals surface area contributed by atoms with Gasteiger partial charge < -0.3 is 15.5 Å². The van der Waals surface area contributed by atoms with Crippen LogP contribution in [0.3, 0.4) is 0 Å². The molecular weight excluding hydrogens is 252 g/mol. The lowest BCUT2D eigenvalue weighted by molar-refractivity contribution is 0.100. The molecule has 0 saturated carbocycles. The van der Waals surface area contributed by atoms with Crippen LogP contribution in [0.2, 0.25) is 5.02 Å². The molecule has 0 aliphatic carbocycles. The average molecular weight is 265 g/mol. The lowest BCUT2D eigenvalue weighted by Gasteiger charge is -2.15. The zero-order valence-electron chi connectivity index (χ0n) is 9.81. The summed E-state index contributed by atoms with van der Waals surface area (Å²) in [7, 11) is 0. The van der Waals surface area contributed by atoms with Crippen molar-refractivity contribution in [1.29, 1.82) is 0 Å². The minimum Gasteiger partial charge on any atom is -0.472 e. The number of carbonyl (C=O) groups is 1. The Morgan fingerprint density at radius 2 is 2.22 bits per heavy atom. The number of rotatable bonds is 4. The Balaban J connectivity index is 2.23. The standard InChI is InChI=1S/C13H13ClN2O2/c1-8(10-4-5-18-7-10)16-12-6-9(13(15)17)2-3-11(12)14/h2-8,16H,1H3,(H2,15,17). The Morgan fingerprint density at radius 3 is 2.83 bits per heavy atom. The van der Waals surface area contributed by atoms with E-state index in [9.17, 15) is 4.79 Å². The first-order valence-electron chi connectivity index (χ1n) is 5.46. The van der Waals surface area contributed by atoms with Crippen molar-refractivity contribution in [3.8, 4) is 0 Å². The summed E-state index contributed by atoms with van der Waals surface area (Å²) in [6.07, 6.45) is 3.26. The van der Waals surface area contributed by atoms with E-state index in [1.807, 2.05) is 13.0 Å². The third-order valence-corrected chi connectivity index (χ3v) is 3.00. The summed E-state index contributed by atoms with van der Waals surface area (Å²) in [5, 5.41) is 3.75. The van der Waals surface area contributed by atoms with Gasteiger partial charge in [0.1, 0.15) is 0 Å². The van der Waals surface area contributed by atoms with Crippen LogP contribution in [0.25, 0.3) is 0 Å². The summed E-state index contributed by atoms with van der Waals surface area (Å²) in [6, 6.07) is 6.76. The van der Waals surface area contributed by atoms with Gasteiger partial charge in [-0.25, -0.2) is 0 Å². The first-order chi connectivity index (χ1) is 8.58. The molecule has 0 radical (unpaired) electrons. The first-order valence-corrected chi connectivity index (χ1v) is 5.83. The van der Waals surface area contributed by atoms with E-state index in [1.165, 1.54) is 0 Å². The van der Waals surface area contributed by atoms with Gasteiger partial charge in [-0.15, -0.1) is 0 Å². The van der Waals surface area contributed by atoms with Crippen LogP contribution in [0.5, 0.6) is 0 Å². The van der Waals surface area contributed by atoms with Crippen LogP contribution in [-0.2, 0) is 0 Å². The number of hydrogen-bond acceptors (Lipinski definition) is 3. The number of furan rings is 1. The molecule has 2 aromatic rings. The van der Waals surface area contributed by atoms with E-state index in [4.69, 9.17) is 21.8 Å². The highest BCUT2D eigenvalue weighted by molar-refractivity contribution is 6.33. The predicted octanol–water partition coefficient (Wildman–Crippen LogP) is 3.21. The number of amides is 1. The van der Waals surface area contributed by atoms with Crippen LogP contribution in [0.1, 0.15) is 28.9 Å². The summed E-state index contributed by atoms with van der Waals surface area (Å²) >= 11 is 6.07. The van der Waals surface area contributed by atoms with Crippen molar-refractivity contribution in [1.82, 2.24) is 0 Å². The van der Waals surface area contributed by atoms with Gasteiger partial charge in [-0.1, -0.05) is 11.6 Å². The molecule has 0 aliphatic heterocycles. The topological polar surface area (TPSA) is 68.3 Å². The minimum absolute atomic E-state index is 0.0179. The van der Waals surface area contributed by atoms with Crippen molar-refractivity contribution < 1.29 is 9.21 Å². The molecule has 0 saturated heterocycles. The lowest BCUT2D eigenvalue weighted by atomic mass is 10.1. The maximum absolute atomic E-state index is 11.1. The molecule has 1 amide bonds. The molecule has 0 bridgehead atoms. The van der Waals surface area contributed by atoms with E-state index in [0.717, 1.165) is 5.56 Å². The molecule has 94 valence electrons. The summed E-state index contributed by atoms with van der Waals surface area (Å²) in [5.74, 6) is -0.481. The molecule has 0 fully saturated rings. The quantitative estimate of drug-likeness (QED) is 0.891. The summed E-state index contributed by atoms with van der Waals surface area (Å²) in [6.45, 7) is 1.97. The maximum atomic E-state index is 11.1. The molecule has 2 rings (SSSR count). The highest BCUT2D eigenvalue weighted by Crippen LogP contribution is 2.27. The monoisotopic (exact) mass is 264 g/mol. The molecular formula is C13H13ClN2O2. The Hall–Kier alpha value is -1.94. The fourth-order valence-corrected chi connectivity index (χ4v) is 1.80. The van der Waals surface area contributed by atoms with Crippen LogP contribution in [0.15, 0.2) is 41.2 Å². The van der Waals surface area contributed by atoms with Gasteiger partial charge in [0.05, 0.1) is 29.3 Å². The summed E-state index contributed by atoms with van der Waals surface area (Å²) < 4.78 is 5.02. The fraction of sp³-hybridized carbons (Fsp3) is 0.154. The second-order valence-corrected chi connectivity index (χ2v) is 4.39. The minimum atomic E-state index is -0.481. The summed E-state index contributed by atoms with van der Waals surface area (Å²) in [4.78, 5) is 11.1. The molecule has 1 unspecified atom stereocenters. The molecule has 18 heavy (non-hydrogen) atoms. The van der Waals surface area contributed by atoms with Crippen LogP contribution in [-0.4, -0.2) is 5.91 Å². The molecule has 1 heterocycles. The van der Waals surface area contributed by atoms with Crippen molar-refractivity contribution in [2.75, 3.05) is 5.32 Å². The number of nitrogens with two attached hydrogens (primary N) is 1. The van der Waals surface area contributed by atoms with E-state index in [-0.39, 0.29) is 6.04 Å². The second-order valence-electron chi connectivity index (χ2n) is 3.98. The molecule has 0 aliphatic rings. The number of benzene rings is 1. The number of halogens is 1. The lowest BCUT2D eigenvalue weighted by Crippen LogP contribution is -2.12. The Morgan fingerprint density at radius 1 is 1.44 bits per heavy atom. The van der Waals surface area contributed by atoms with Crippen molar-refractivity contribution in [2.24, 2.45) is 5.73 Å². The van der Waals surface area contributed by atoms with Gasteiger partial charge in [-0.05, 0) is 31.2 Å². The first kappa shape index (κ1) is 12.5. The normalized spacial score (nSPS) is 12.1. The molecule has 5 heteroatoms. The SMILES string of the molecule is CC(Nc1cc(C(N)=O)ccc1Cl)c1ccoc1. The van der Waals surface area contributed by atoms with Gasteiger partial charge >= 0.3 is 0 Å². The molecule has 1 aromatic heterocycles. The van der Waals surface area contributed by atoms with E-state index < -0.39 is 5.91 Å². The van der Waals surface area contributed by atoms with E-state index in [1.54, 1.807) is 30.7 Å². The third-order valence-electron chi connectivity index (χ3n) is 2.67. The van der Waals surface area contributed by atoms with Crippen LogP contribution < -0.4 is 11.1 Å². The van der Waals surface area contributed by atoms with Crippen LogP contribution in [0.4, 0.5) is 5.69 Å².